The highest BCUT2D eigenvalue weighted by Crippen LogP contribution is 2.31. The van der Waals surface area contributed by atoms with Gasteiger partial charge in [0.05, 0.1) is 6.61 Å². The predicted molar refractivity (Wildman–Crippen MR) is 77.1 cm³/mol. The van der Waals surface area contributed by atoms with Crippen molar-refractivity contribution in [3.8, 4) is 0 Å². The zero-order valence-corrected chi connectivity index (χ0v) is 11.0. The summed E-state index contributed by atoms with van der Waals surface area (Å²) in [5.41, 5.74) is 2.34. The van der Waals surface area contributed by atoms with Crippen LogP contribution in [-0.2, 0) is 16.8 Å². The molecule has 0 aromatic heterocycles. The summed E-state index contributed by atoms with van der Waals surface area (Å²) in [6.45, 7) is 2.57. The number of ether oxygens (including phenoxy) is 1. The summed E-state index contributed by atoms with van der Waals surface area (Å²) in [7, 11) is 0. The normalized spacial score (nSPS) is 23.2. The molecule has 1 atom stereocenters. The molecule has 1 aliphatic rings. The highest BCUT2D eigenvalue weighted by atomic mass is 16.5. The molecular weight excluding hydrogens is 234 g/mol. The van der Waals surface area contributed by atoms with E-state index in [1.165, 1.54) is 11.1 Å². The van der Waals surface area contributed by atoms with Crippen molar-refractivity contribution in [2.45, 2.75) is 12.0 Å². The summed E-state index contributed by atoms with van der Waals surface area (Å²) >= 11 is 0. The zero-order valence-electron chi connectivity index (χ0n) is 11.0. The van der Waals surface area contributed by atoms with Crippen molar-refractivity contribution in [2.75, 3.05) is 19.7 Å². The minimum Gasteiger partial charge on any atom is -0.367 e. The average molecular weight is 253 g/mol. The smallest absolute Gasteiger partial charge is 0.110 e. The molecule has 0 amide bonds. The van der Waals surface area contributed by atoms with Crippen molar-refractivity contribution in [3.63, 3.8) is 0 Å². The molecular formula is C17H19NO. The fourth-order valence-corrected chi connectivity index (χ4v) is 2.73. The monoisotopic (exact) mass is 253 g/mol. The number of morpholine rings is 1. The second-order valence-electron chi connectivity index (χ2n) is 5.05. The van der Waals surface area contributed by atoms with Crippen LogP contribution in [0.2, 0.25) is 0 Å². The van der Waals surface area contributed by atoms with Crippen LogP contribution < -0.4 is 5.32 Å². The van der Waals surface area contributed by atoms with E-state index in [4.69, 9.17) is 4.74 Å². The first kappa shape index (κ1) is 12.4. The Hall–Kier alpha value is -1.64. The maximum absolute atomic E-state index is 6.19. The summed E-state index contributed by atoms with van der Waals surface area (Å²) < 4.78 is 6.19. The number of benzene rings is 2. The molecule has 2 aromatic rings. The van der Waals surface area contributed by atoms with Gasteiger partial charge < -0.3 is 10.1 Å². The van der Waals surface area contributed by atoms with E-state index < -0.39 is 0 Å². The molecule has 2 nitrogen and oxygen atoms in total. The van der Waals surface area contributed by atoms with Crippen molar-refractivity contribution in [3.05, 3.63) is 71.8 Å². The van der Waals surface area contributed by atoms with Crippen LogP contribution >= 0.6 is 0 Å². The van der Waals surface area contributed by atoms with E-state index in [-0.39, 0.29) is 5.60 Å². The average Bonchev–Trinajstić information content (AvgIpc) is 2.50. The van der Waals surface area contributed by atoms with Crippen LogP contribution in [-0.4, -0.2) is 19.7 Å². The van der Waals surface area contributed by atoms with Crippen LogP contribution in [0.5, 0.6) is 0 Å². The fourth-order valence-electron chi connectivity index (χ4n) is 2.73. The molecule has 2 aromatic carbocycles. The molecule has 19 heavy (non-hydrogen) atoms. The zero-order chi connectivity index (χ0) is 13.0. The molecule has 1 fully saturated rings. The largest absolute Gasteiger partial charge is 0.367 e. The Morgan fingerprint density at radius 2 is 1.63 bits per heavy atom. The minimum absolute atomic E-state index is 0.235. The molecule has 0 radical (unpaired) electrons. The van der Waals surface area contributed by atoms with E-state index in [9.17, 15) is 0 Å². The van der Waals surface area contributed by atoms with E-state index in [0.717, 1.165) is 26.1 Å². The van der Waals surface area contributed by atoms with Crippen molar-refractivity contribution in [1.82, 2.24) is 5.32 Å². The van der Waals surface area contributed by atoms with Crippen LogP contribution in [0.4, 0.5) is 0 Å². The molecule has 3 rings (SSSR count). The Balaban J connectivity index is 1.93. The van der Waals surface area contributed by atoms with Crippen molar-refractivity contribution >= 4 is 0 Å². The predicted octanol–water partition coefficient (Wildman–Crippen LogP) is 2.74. The fraction of sp³-hybridized carbons (Fsp3) is 0.294. The SMILES string of the molecule is c1ccc(CC2(c3ccccc3)CNCCO2)cc1. The maximum atomic E-state index is 6.19. The Morgan fingerprint density at radius 3 is 2.26 bits per heavy atom. The van der Waals surface area contributed by atoms with Crippen LogP contribution in [0, 0.1) is 0 Å². The van der Waals surface area contributed by atoms with Gasteiger partial charge in [-0.2, -0.15) is 0 Å². The van der Waals surface area contributed by atoms with Crippen molar-refractivity contribution in [2.24, 2.45) is 0 Å². The lowest BCUT2D eigenvalue weighted by Crippen LogP contribution is -2.48. The lowest BCUT2D eigenvalue weighted by Gasteiger charge is -2.38. The number of nitrogens with one attached hydrogen (secondary N) is 1. The summed E-state index contributed by atoms with van der Waals surface area (Å²) in [6, 6.07) is 21.1. The van der Waals surface area contributed by atoms with Gasteiger partial charge in [0.25, 0.3) is 0 Å². The third-order valence-electron chi connectivity index (χ3n) is 3.70. The molecule has 2 heteroatoms. The van der Waals surface area contributed by atoms with Crippen molar-refractivity contribution in [1.29, 1.82) is 0 Å². The lowest BCUT2D eigenvalue weighted by molar-refractivity contribution is -0.0708. The second kappa shape index (κ2) is 5.55. The standard InChI is InChI=1S/C17H19NO/c1-3-7-15(8-4-1)13-17(14-18-11-12-19-17)16-9-5-2-6-10-16/h1-10,18H,11-14H2. The summed E-state index contributed by atoms with van der Waals surface area (Å²) in [5, 5.41) is 3.47. The number of rotatable bonds is 3. The first-order valence-corrected chi connectivity index (χ1v) is 6.83. The van der Waals surface area contributed by atoms with Gasteiger partial charge in [0.1, 0.15) is 5.60 Å². The first-order valence-electron chi connectivity index (χ1n) is 6.83. The molecule has 1 heterocycles. The molecule has 1 unspecified atom stereocenters. The van der Waals surface area contributed by atoms with Crippen LogP contribution in [0.25, 0.3) is 0 Å². The van der Waals surface area contributed by atoms with E-state index in [1.54, 1.807) is 0 Å². The third kappa shape index (κ3) is 2.70. The minimum atomic E-state index is -0.235. The van der Waals surface area contributed by atoms with E-state index in [0.29, 0.717) is 0 Å². The maximum Gasteiger partial charge on any atom is 0.110 e. The Morgan fingerprint density at radius 1 is 0.947 bits per heavy atom. The van der Waals surface area contributed by atoms with Gasteiger partial charge in [-0.15, -0.1) is 0 Å². The van der Waals surface area contributed by atoms with Gasteiger partial charge in [0.15, 0.2) is 0 Å². The number of hydrogen-bond donors (Lipinski definition) is 1. The highest BCUT2D eigenvalue weighted by Gasteiger charge is 2.35. The van der Waals surface area contributed by atoms with Gasteiger partial charge in [0, 0.05) is 19.5 Å². The van der Waals surface area contributed by atoms with Gasteiger partial charge in [-0.1, -0.05) is 60.7 Å². The Kier molecular flexibility index (Phi) is 3.62. The third-order valence-corrected chi connectivity index (χ3v) is 3.70. The van der Waals surface area contributed by atoms with E-state index in [1.807, 2.05) is 0 Å². The van der Waals surface area contributed by atoms with Crippen LogP contribution in [0.1, 0.15) is 11.1 Å². The van der Waals surface area contributed by atoms with E-state index >= 15 is 0 Å². The molecule has 0 spiro atoms. The summed E-state index contributed by atoms with van der Waals surface area (Å²) in [4.78, 5) is 0. The molecule has 1 aliphatic heterocycles. The molecule has 98 valence electrons. The van der Waals surface area contributed by atoms with Gasteiger partial charge in [-0.05, 0) is 11.1 Å². The lowest BCUT2D eigenvalue weighted by atomic mass is 9.86. The van der Waals surface area contributed by atoms with Gasteiger partial charge in [0.2, 0.25) is 0 Å². The number of hydrogen-bond acceptors (Lipinski definition) is 2. The van der Waals surface area contributed by atoms with E-state index in [2.05, 4.69) is 66.0 Å². The Bertz CT molecular complexity index is 503. The molecule has 1 saturated heterocycles. The van der Waals surface area contributed by atoms with Gasteiger partial charge >= 0.3 is 0 Å². The second-order valence-corrected chi connectivity index (χ2v) is 5.05. The van der Waals surface area contributed by atoms with Gasteiger partial charge in [-0.3, -0.25) is 0 Å². The summed E-state index contributed by atoms with van der Waals surface area (Å²) in [5.74, 6) is 0. The first-order chi connectivity index (χ1) is 9.39. The summed E-state index contributed by atoms with van der Waals surface area (Å²) in [6.07, 6.45) is 0.908. The Labute approximate surface area is 114 Å². The highest BCUT2D eigenvalue weighted by molar-refractivity contribution is 5.28. The molecule has 0 bridgehead atoms. The van der Waals surface area contributed by atoms with Gasteiger partial charge in [-0.25, -0.2) is 0 Å². The quantitative estimate of drug-likeness (QED) is 0.908. The molecule has 1 N–H and O–H groups in total. The van der Waals surface area contributed by atoms with Crippen molar-refractivity contribution < 1.29 is 4.74 Å². The topological polar surface area (TPSA) is 21.3 Å². The van der Waals surface area contributed by atoms with Crippen LogP contribution in [0.15, 0.2) is 60.7 Å². The molecule has 0 aliphatic carbocycles. The molecule has 0 saturated carbocycles. The van der Waals surface area contributed by atoms with Crippen LogP contribution in [0.3, 0.4) is 0 Å².